The van der Waals surface area contributed by atoms with Gasteiger partial charge >= 0.3 is 6.09 Å². The molecule has 8 heteroatoms. The molecule has 27 heavy (non-hydrogen) atoms. The van der Waals surface area contributed by atoms with Crippen molar-refractivity contribution < 1.29 is 14.3 Å². The highest BCUT2D eigenvalue weighted by molar-refractivity contribution is 5.80. The standard InChI is InChI=1S/C19H37N5O3/c1-19(2,3)27-18(25)24-13-16(14-24)22-17(20-4)21-12-15-6-8-23(9-7-15)10-11-26-5/h15-16H,6-14H2,1-5H3,(H2,20,21,22). The fourth-order valence-corrected chi connectivity index (χ4v) is 3.31. The summed E-state index contributed by atoms with van der Waals surface area (Å²) < 4.78 is 10.5. The molecule has 2 fully saturated rings. The number of carbonyl (C=O) groups excluding carboxylic acids is 1. The first-order chi connectivity index (χ1) is 12.8. The fraction of sp³-hybridized carbons (Fsp3) is 0.895. The van der Waals surface area contributed by atoms with E-state index in [0.717, 1.165) is 38.7 Å². The molecule has 2 rings (SSSR count). The quantitative estimate of drug-likeness (QED) is 0.529. The van der Waals surface area contributed by atoms with Crippen LogP contribution in [0.15, 0.2) is 4.99 Å². The molecule has 0 aromatic rings. The number of nitrogens with one attached hydrogen (secondary N) is 2. The molecule has 0 aromatic carbocycles. The Morgan fingerprint density at radius 3 is 2.44 bits per heavy atom. The van der Waals surface area contributed by atoms with Crippen molar-refractivity contribution in [2.75, 3.05) is 60.0 Å². The predicted octanol–water partition coefficient (Wildman–Crippen LogP) is 1.13. The van der Waals surface area contributed by atoms with Crippen LogP contribution in [-0.2, 0) is 9.47 Å². The zero-order chi connectivity index (χ0) is 19.9. The van der Waals surface area contributed by atoms with Crippen LogP contribution in [0.4, 0.5) is 4.79 Å². The fourth-order valence-electron chi connectivity index (χ4n) is 3.31. The molecular formula is C19H37N5O3. The Bertz CT molecular complexity index is 492. The van der Waals surface area contributed by atoms with Gasteiger partial charge in [0.25, 0.3) is 0 Å². The highest BCUT2D eigenvalue weighted by Gasteiger charge is 2.34. The second-order valence-electron chi connectivity index (χ2n) is 8.46. The van der Waals surface area contributed by atoms with Crippen molar-refractivity contribution in [1.29, 1.82) is 0 Å². The van der Waals surface area contributed by atoms with Gasteiger partial charge in [0.2, 0.25) is 0 Å². The van der Waals surface area contributed by atoms with Crippen molar-refractivity contribution in [3.63, 3.8) is 0 Å². The van der Waals surface area contributed by atoms with Crippen LogP contribution >= 0.6 is 0 Å². The number of hydrogen-bond acceptors (Lipinski definition) is 5. The van der Waals surface area contributed by atoms with Gasteiger partial charge in [-0.3, -0.25) is 4.99 Å². The van der Waals surface area contributed by atoms with Gasteiger partial charge in [-0.2, -0.15) is 0 Å². The molecule has 0 aromatic heterocycles. The Morgan fingerprint density at radius 2 is 1.89 bits per heavy atom. The van der Waals surface area contributed by atoms with Crippen LogP contribution < -0.4 is 10.6 Å². The van der Waals surface area contributed by atoms with Crippen LogP contribution in [-0.4, -0.2) is 93.5 Å². The predicted molar refractivity (Wildman–Crippen MR) is 107 cm³/mol. The van der Waals surface area contributed by atoms with E-state index in [9.17, 15) is 4.79 Å². The maximum Gasteiger partial charge on any atom is 0.410 e. The van der Waals surface area contributed by atoms with Crippen molar-refractivity contribution in [2.24, 2.45) is 10.9 Å². The monoisotopic (exact) mass is 383 g/mol. The molecule has 0 unspecified atom stereocenters. The van der Waals surface area contributed by atoms with Gasteiger partial charge in [-0.15, -0.1) is 0 Å². The Hall–Kier alpha value is -1.54. The van der Waals surface area contributed by atoms with Gasteiger partial charge in [-0.05, 0) is 52.6 Å². The summed E-state index contributed by atoms with van der Waals surface area (Å²) in [7, 11) is 3.54. The van der Waals surface area contributed by atoms with E-state index in [4.69, 9.17) is 9.47 Å². The van der Waals surface area contributed by atoms with Gasteiger partial charge in [0.15, 0.2) is 5.96 Å². The highest BCUT2D eigenvalue weighted by atomic mass is 16.6. The number of nitrogens with zero attached hydrogens (tertiary/aromatic N) is 3. The van der Waals surface area contributed by atoms with E-state index >= 15 is 0 Å². The van der Waals surface area contributed by atoms with Crippen molar-refractivity contribution in [3.05, 3.63) is 0 Å². The molecule has 0 aliphatic carbocycles. The van der Waals surface area contributed by atoms with Gasteiger partial charge in [0.05, 0.1) is 12.6 Å². The number of guanidine groups is 1. The Balaban J connectivity index is 1.62. The largest absolute Gasteiger partial charge is 0.444 e. The molecular weight excluding hydrogens is 346 g/mol. The molecule has 0 atom stereocenters. The summed E-state index contributed by atoms with van der Waals surface area (Å²) in [5.74, 6) is 1.48. The molecule has 0 radical (unpaired) electrons. The van der Waals surface area contributed by atoms with Crippen LogP contribution in [0.1, 0.15) is 33.6 Å². The summed E-state index contributed by atoms with van der Waals surface area (Å²) >= 11 is 0. The summed E-state index contributed by atoms with van der Waals surface area (Å²) in [6.45, 7) is 12.0. The minimum absolute atomic E-state index is 0.222. The van der Waals surface area contributed by atoms with E-state index in [1.54, 1.807) is 19.1 Å². The second-order valence-corrected chi connectivity index (χ2v) is 8.46. The van der Waals surface area contributed by atoms with Gasteiger partial charge in [0.1, 0.15) is 5.60 Å². The third-order valence-corrected chi connectivity index (χ3v) is 4.97. The van der Waals surface area contributed by atoms with Crippen molar-refractivity contribution in [2.45, 2.75) is 45.3 Å². The highest BCUT2D eigenvalue weighted by Crippen LogP contribution is 2.17. The number of ether oxygens (including phenoxy) is 2. The number of rotatable bonds is 6. The van der Waals surface area contributed by atoms with Crippen LogP contribution in [0.2, 0.25) is 0 Å². The lowest BCUT2D eigenvalue weighted by Crippen LogP contribution is -2.63. The number of hydrogen-bond donors (Lipinski definition) is 2. The first kappa shape index (κ1) is 21.8. The smallest absolute Gasteiger partial charge is 0.410 e. The average molecular weight is 384 g/mol. The van der Waals surface area contributed by atoms with Crippen LogP contribution in [0, 0.1) is 5.92 Å². The molecule has 156 valence electrons. The SMILES string of the molecule is CN=C(NCC1CCN(CCOC)CC1)NC1CN(C(=O)OC(C)(C)C)C1. The lowest BCUT2D eigenvalue weighted by molar-refractivity contribution is 0.00700. The lowest BCUT2D eigenvalue weighted by atomic mass is 9.97. The van der Waals surface area contributed by atoms with Gasteiger partial charge in [-0.25, -0.2) is 4.79 Å². The minimum atomic E-state index is -0.452. The van der Waals surface area contributed by atoms with Crippen LogP contribution in [0.25, 0.3) is 0 Å². The Labute approximate surface area is 163 Å². The number of likely N-dealkylation sites (tertiary alicyclic amines) is 2. The van der Waals surface area contributed by atoms with Gasteiger partial charge in [0, 0.05) is 40.3 Å². The molecule has 2 aliphatic heterocycles. The van der Waals surface area contributed by atoms with Crippen LogP contribution in [0.5, 0.6) is 0 Å². The maximum absolute atomic E-state index is 12.0. The Morgan fingerprint density at radius 1 is 1.22 bits per heavy atom. The topological polar surface area (TPSA) is 78.4 Å². The minimum Gasteiger partial charge on any atom is -0.444 e. The summed E-state index contributed by atoms with van der Waals surface area (Å²) in [6, 6.07) is 0.222. The van der Waals surface area contributed by atoms with Crippen molar-refractivity contribution in [3.8, 4) is 0 Å². The summed E-state index contributed by atoms with van der Waals surface area (Å²) in [5, 5.41) is 6.83. The van der Waals surface area contributed by atoms with E-state index < -0.39 is 5.60 Å². The van der Waals surface area contributed by atoms with E-state index in [1.807, 2.05) is 20.8 Å². The molecule has 2 N–H and O–H groups in total. The average Bonchev–Trinajstić information content (AvgIpc) is 2.57. The van der Waals surface area contributed by atoms with Crippen LogP contribution in [0.3, 0.4) is 0 Å². The first-order valence-electron chi connectivity index (χ1n) is 9.97. The normalized spacial score (nSPS) is 20.3. The summed E-state index contributed by atoms with van der Waals surface area (Å²) in [5.41, 5.74) is -0.452. The zero-order valence-electron chi connectivity index (χ0n) is 17.6. The van der Waals surface area contributed by atoms with Gasteiger partial charge < -0.3 is 29.9 Å². The van der Waals surface area contributed by atoms with E-state index in [2.05, 4.69) is 20.5 Å². The maximum atomic E-state index is 12.0. The molecule has 0 spiro atoms. The number of piperidine rings is 1. The van der Waals surface area contributed by atoms with Crippen molar-refractivity contribution in [1.82, 2.24) is 20.4 Å². The number of carbonyl (C=O) groups is 1. The molecule has 2 heterocycles. The molecule has 0 saturated carbocycles. The number of aliphatic imine (C=N–C) groups is 1. The number of amides is 1. The number of methoxy groups -OCH3 is 1. The summed E-state index contributed by atoms with van der Waals surface area (Å²) in [4.78, 5) is 20.5. The molecule has 0 bridgehead atoms. The molecule has 2 aliphatic rings. The molecule has 8 nitrogen and oxygen atoms in total. The Kier molecular flexibility index (Phi) is 8.16. The van der Waals surface area contributed by atoms with Gasteiger partial charge in [-0.1, -0.05) is 0 Å². The third kappa shape index (κ3) is 7.54. The zero-order valence-corrected chi connectivity index (χ0v) is 17.6. The summed E-state index contributed by atoms with van der Waals surface area (Å²) in [6.07, 6.45) is 2.15. The van der Waals surface area contributed by atoms with E-state index in [1.165, 1.54) is 12.8 Å². The van der Waals surface area contributed by atoms with E-state index in [0.29, 0.717) is 19.0 Å². The van der Waals surface area contributed by atoms with Crippen molar-refractivity contribution >= 4 is 12.1 Å². The molecule has 1 amide bonds. The van der Waals surface area contributed by atoms with E-state index in [-0.39, 0.29) is 12.1 Å². The first-order valence-corrected chi connectivity index (χ1v) is 9.97. The third-order valence-electron chi connectivity index (χ3n) is 4.97. The molecule has 2 saturated heterocycles. The lowest BCUT2D eigenvalue weighted by Gasteiger charge is -2.40. The second kappa shape index (κ2) is 10.1.